The molecule has 0 aliphatic rings. The summed E-state index contributed by atoms with van der Waals surface area (Å²) < 4.78 is 1.93. The molecular formula is C19H27N7O. The number of nitrogens with zero attached hydrogens (tertiary/aromatic N) is 5. The minimum absolute atomic E-state index is 0.0148. The second kappa shape index (κ2) is 9.51. The van der Waals surface area contributed by atoms with Crippen molar-refractivity contribution in [1.82, 2.24) is 30.3 Å². The van der Waals surface area contributed by atoms with Gasteiger partial charge in [0.2, 0.25) is 0 Å². The molecule has 0 aliphatic heterocycles. The van der Waals surface area contributed by atoms with Gasteiger partial charge in [0.1, 0.15) is 5.82 Å². The minimum atomic E-state index is -0.0148. The zero-order chi connectivity index (χ0) is 19.8. The first-order chi connectivity index (χ1) is 12.9. The van der Waals surface area contributed by atoms with Crippen LogP contribution in [0.25, 0.3) is 0 Å². The highest BCUT2D eigenvalue weighted by atomic mass is 16.2. The third-order valence-corrected chi connectivity index (χ3v) is 4.04. The summed E-state index contributed by atoms with van der Waals surface area (Å²) in [5, 5.41) is 14.6. The van der Waals surface area contributed by atoms with Crippen molar-refractivity contribution in [2.24, 2.45) is 12.0 Å². The Morgan fingerprint density at radius 2 is 1.96 bits per heavy atom. The van der Waals surface area contributed by atoms with Crippen LogP contribution in [-0.2, 0) is 20.1 Å². The highest BCUT2D eigenvalue weighted by Crippen LogP contribution is 2.07. The topological polar surface area (TPSA) is 87.4 Å². The van der Waals surface area contributed by atoms with Crippen LogP contribution in [0.2, 0.25) is 0 Å². The largest absolute Gasteiger partial charge is 0.353 e. The van der Waals surface area contributed by atoms with E-state index in [2.05, 4.69) is 32.4 Å². The van der Waals surface area contributed by atoms with Crippen LogP contribution in [0.1, 0.15) is 27.6 Å². The van der Waals surface area contributed by atoms with Crippen LogP contribution < -0.4 is 10.6 Å². The van der Waals surface area contributed by atoms with Gasteiger partial charge in [0, 0.05) is 33.3 Å². The molecule has 2 N–H and O–H groups in total. The summed E-state index contributed by atoms with van der Waals surface area (Å²) in [6, 6.07) is 7.47. The van der Waals surface area contributed by atoms with E-state index < -0.39 is 0 Å². The van der Waals surface area contributed by atoms with Crippen molar-refractivity contribution in [2.45, 2.75) is 20.0 Å². The van der Waals surface area contributed by atoms with Crippen LogP contribution in [0.15, 0.2) is 41.9 Å². The summed E-state index contributed by atoms with van der Waals surface area (Å²) in [5.74, 6) is 2.33. The predicted octanol–water partition coefficient (Wildman–Crippen LogP) is 1.25. The number of hydrogen-bond donors (Lipinski definition) is 2. The number of benzene rings is 1. The van der Waals surface area contributed by atoms with Gasteiger partial charge in [0.05, 0.1) is 13.1 Å². The first-order valence-electron chi connectivity index (χ1n) is 8.71. The molecule has 27 heavy (non-hydrogen) atoms. The summed E-state index contributed by atoms with van der Waals surface area (Å²) in [5.41, 5.74) is 1.67. The van der Waals surface area contributed by atoms with Crippen molar-refractivity contribution in [3.63, 3.8) is 0 Å². The number of guanidine groups is 1. The molecule has 0 aliphatic carbocycles. The fraction of sp³-hybridized carbons (Fsp3) is 0.368. The highest BCUT2D eigenvalue weighted by Gasteiger charge is 2.08. The number of aryl methyl sites for hydroxylation is 1. The van der Waals surface area contributed by atoms with Crippen molar-refractivity contribution in [3.8, 4) is 0 Å². The molecule has 0 unspecified atom stereocenters. The van der Waals surface area contributed by atoms with Crippen LogP contribution >= 0.6 is 0 Å². The third kappa shape index (κ3) is 5.67. The van der Waals surface area contributed by atoms with Crippen molar-refractivity contribution in [3.05, 3.63) is 59.7 Å². The van der Waals surface area contributed by atoms with E-state index in [1.165, 1.54) is 0 Å². The molecule has 0 radical (unpaired) electrons. The van der Waals surface area contributed by atoms with E-state index in [0.717, 1.165) is 17.2 Å². The van der Waals surface area contributed by atoms with Crippen molar-refractivity contribution in [1.29, 1.82) is 0 Å². The number of rotatable bonds is 7. The zero-order valence-corrected chi connectivity index (χ0v) is 16.4. The van der Waals surface area contributed by atoms with Crippen LogP contribution in [0.5, 0.6) is 0 Å². The average molecular weight is 369 g/mol. The molecule has 0 saturated carbocycles. The van der Waals surface area contributed by atoms with E-state index in [-0.39, 0.29) is 5.91 Å². The molecule has 2 aromatic rings. The number of amides is 1. The Labute approximate surface area is 160 Å². The standard InChI is InChI=1S/C19H27N7O/c1-6-11-20-19(22-13-17-24-23-14(2)26(17)5)21-12-15-7-9-16(10-8-15)18(27)25(3)4/h6-10H,1,11-13H2,2-5H3,(H2,20,21,22). The summed E-state index contributed by atoms with van der Waals surface area (Å²) in [7, 11) is 5.40. The maximum atomic E-state index is 11.9. The zero-order valence-electron chi connectivity index (χ0n) is 16.4. The Balaban J connectivity index is 2.02. The van der Waals surface area contributed by atoms with Gasteiger partial charge in [-0.25, -0.2) is 4.99 Å². The molecule has 8 nitrogen and oxygen atoms in total. The Hall–Kier alpha value is -3.16. The molecule has 1 aromatic heterocycles. The molecule has 0 spiro atoms. The van der Waals surface area contributed by atoms with E-state index in [1.807, 2.05) is 42.8 Å². The van der Waals surface area contributed by atoms with E-state index in [9.17, 15) is 4.79 Å². The molecule has 0 fully saturated rings. The summed E-state index contributed by atoms with van der Waals surface area (Å²) in [6.45, 7) is 7.22. The lowest BCUT2D eigenvalue weighted by molar-refractivity contribution is 0.0827. The molecular weight excluding hydrogens is 342 g/mol. The third-order valence-electron chi connectivity index (χ3n) is 4.04. The maximum absolute atomic E-state index is 11.9. The van der Waals surface area contributed by atoms with Gasteiger partial charge >= 0.3 is 0 Å². The van der Waals surface area contributed by atoms with E-state index in [4.69, 9.17) is 0 Å². The van der Waals surface area contributed by atoms with Crippen molar-refractivity contribution >= 4 is 11.9 Å². The Bertz CT molecular complexity index is 806. The summed E-state index contributed by atoms with van der Waals surface area (Å²) in [6.07, 6.45) is 1.77. The molecule has 0 atom stereocenters. The fourth-order valence-corrected chi connectivity index (χ4v) is 2.29. The Kier molecular flexibility index (Phi) is 7.10. The van der Waals surface area contributed by atoms with Crippen LogP contribution in [0.3, 0.4) is 0 Å². The van der Waals surface area contributed by atoms with Gasteiger partial charge < -0.3 is 20.1 Å². The Morgan fingerprint density at radius 3 is 2.52 bits per heavy atom. The molecule has 8 heteroatoms. The molecule has 0 bridgehead atoms. The lowest BCUT2D eigenvalue weighted by Gasteiger charge is -2.12. The minimum Gasteiger partial charge on any atom is -0.353 e. The van der Waals surface area contributed by atoms with Gasteiger partial charge in [-0.1, -0.05) is 18.2 Å². The molecule has 2 rings (SSSR count). The summed E-state index contributed by atoms with van der Waals surface area (Å²) in [4.78, 5) is 18.1. The SMILES string of the molecule is C=CCNC(=NCc1ccc(C(=O)N(C)C)cc1)NCc1nnc(C)n1C. The van der Waals surface area contributed by atoms with Crippen molar-refractivity contribution in [2.75, 3.05) is 20.6 Å². The predicted molar refractivity (Wildman–Crippen MR) is 106 cm³/mol. The lowest BCUT2D eigenvalue weighted by atomic mass is 10.1. The Morgan fingerprint density at radius 1 is 1.26 bits per heavy atom. The highest BCUT2D eigenvalue weighted by molar-refractivity contribution is 5.93. The van der Waals surface area contributed by atoms with Gasteiger partial charge in [0.25, 0.3) is 5.91 Å². The molecule has 0 saturated heterocycles. The van der Waals surface area contributed by atoms with Gasteiger partial charge in [-0.2, -0.15) is 0 Å². The van der Waals surface area contributed by atoms with Crippen molar-refractivity contribution < 1.29 is 4.79 Å². The quantitative estimate of drug-likeness (QED) is 0.436. The molecule has 144 valence electrons. The van der Waals surface area contributed by atoms with Gasteiger partial charge in [0.15, 0.2) is 11.8 Å². The molecule has 1 amide bonds. The number of hydrogen-bond acceptors (Lipinski definition) is 4. The first kappa shape index (κ1) is 20.2. The van der Waals surface area contributed by atoms with E-state index in [0.29, 0.717) is 31.2 Å². The number of carbonyl (C=O) groups excluding carboxylic acids is 1. The smallest absolute Gasteiger partial charge is 0.253 e. The number of nitrogens with one attached hydrogen (secondary N) is 2. The second-order valence-corrected chi connectivity index (χ2v) is 6.31. The maximum Gasteiger partial charge on any atom is 0.253 e. The number of aromatic nitrogens is 3. The second-order valence-electron chi connectivity index (χ2n) is 6.31. The van der Waals surface area contributed by atoms with Gasteiger partial charge in [-0.3, -0.25) is 4.79 Å². The first-order valence-corrected chi connectivity index (χ1v) is 8.71. The fourth-order valence-electron chi connectivity index (χ4n) is 2.29. The average Bonchev–Trinajstić information content (AvgIpc) is 2.99. The van der Waals surface area contributed by atoms with Crippen LogP contribution in [-0.4, -0.2) is 52.2 Å². The van der Waals surface area contributed by atoms with E-state index >= 15 is 0 Å². The number of aliphatic imine (C=N–C) groups is 1. The monoisotopic (exact) mass is 369 g/mol. The molecule has 1 heterocycles. The van der Waals surface area contributed by atoms with Crippen LogP contribution in [0.4, 0.5) is 0 Å². The van der Waals surface area contributed by atoms with E-state index in [1.54, 1.807) is 25.1 Å². The van der Waals surface area contributed by atoms with Gasteiger partial charge in [-0.05, 0) is 24.6 Å². The van der Waals surface area contributed by atoms with Gasteiger partial charge in [-0.15, -0.1) is 16.8 Å². The number of carbonyl (C=O) groups is 1. The summed E-state index contributed by atoms with van der Waals surface area (Å²) >= 11 is 0. The lowest BCUT2D eigenvalue weighted by Crippen LogP contribution is -2.37. The van der Waals surface area contributed by atoms with Crippen LogP contribution in [0, 0.1) is 6.92 Å². The normalized spacial score (nSPS) is 11.2. The molecule has 1 aromatic carbocycles.